The number of carbonyl (C=O) groups is 1. The second-order valence-corrected chi connectivity index (χ2v) is 10.6. The lowest BCUT2D eigenvalue weighted by atomic mass is 9.98. The number of carbonyl (C=O) groups excluding carboxylic acids is 1. The van der Waals surface area contributed by atoms with Crippen LogP contribution >= 0.6 is 0 Å². The van der Waals surface area contributed by atoms with E-state index < -0.39 is 16.1 Å². The molecule has 1 fully saturated rings. The summed E-state index contributed by atoms with van der Waals surface area (Å²) in [4.78, 5) is 23.5. The molecule has 3 aromatic rings. The van der Waals surface area contributed by atoms with Crippen LogP contribution in [0.5, 0.6) is 0 Å². The molecule has 1 atom stereocenters. The molecule has 0 unspecified atom stereocenters. The van der Waals surface area contributed by atoms with Crippen LogP contribution in [-0.4, -0.2) is 54.9 Å². The largest absolute Gasteiger partial charge is 0.369 e. The first-order chi connectivity index (χ1) is 16.4. The number of likely N-dealkylation sites (tertiary alicyclic amines) is 1. The minimum Gasteiger partial charge on any atom is -0.369 e. The van der Waals surface area contributed by atoms with E-state index in [0.717, 1.165) is 23.6 Å². The quantitative estimate of drug-likeness (QED) is 0.454. The van der Waals surface area contributed by atoms with Crippen molar-refractivity contribution in [1.29, 1.82) is 0 Å². The van der Waals surface area contributed by atoms with Crippen LogP contribution in [0.25, 0.3) is 10.8 Å². The van der Waals surface area contributed by atoms with Gasteiger partial charge in [-0.3, -0.25) is 9.78 Å². The summed E-state index contributed by atoms with van der Waals surface area (Å²) in [5.41, 5.74) is 0. The topological polar surface area (TPSA) is 104 Å². The van der Waals surface area contributed by atoms with E-state index in [1.165, 1.54) is 0 Å². The molecule has 2 heterocycles. The summed E-state index contributed by atoms with van der Waals surface area (Å²) in [7, 11) is -3.87. The van der Waals surface area contributed by atoms with E-state index in [0.29, 0.717) is 44.2 Å². The summed E-state index contributed by atoms with van der Waals surface area (Å²) in [6.45, 7) is 4.05. The van der Waals surface area contributed by atoms with Gasteiger partial charge < -0.3 is 10.2 Å². The van der Waals surface area contributed by atoms with Crippen molar-refractivity contribution >= 4 is 32.5 Å². The third kappa shape index (κ3) is 6.09. The Morgan fingerprint density at radius 2 is 1.88 bits per heavy atom. The zero-order valence-electron chi connectivity index (χ0n) is 19.4. The summed E-state index contributed by atoms with van der Waals surface area (Å²) in [6, 6.07) is 11.8. The lowest BCUT2D eigenvalue weighted by molar-refractivity contribution is -0.134. The Morgan fingerprint density at radius 3 is 2.62 bits per heavy atom. The summed E-state index contributed by atoms with van der Waals surface area (Å²) >= 11 is 0. The van der Waals surface area contributed by atoms with Crippen molar-refractivity contribution in [2.45, 2.75) is 43.5 Å². The van der Waals surface area contributed by atoms with Gasteiger partial charge in [-0.2, -0.15) is 4.72 Å². The molecule has 0 radical (unpaired) electrons. The molecule has 8 nitrogen and oxygen atoms in total. The van der Waals surface area contributed by atoms with Crippen LogP contribution < -0.4 is 10.0 Å². The van der Waals surface area contributed by atoms with Gasteiger partial charge in [0.15, 0.2) is 0 Å². The lowest BCUT2D eigenvalue weighted by Gasteiger charge is -2.33. The minimum atomic E-state index is -3.87. The zero-order chi connectivity index (χ0) is 24.0. The van der Waals surface area contributed by atoms with E-state index >= 15 is 0 Å². The average molecular weight is 482 g/mol. The van der Waals surface area contributed by atoms with E-state index in [1.54, 1.807) is 41.7 Å². The molecule has 1 aromatic heterocycles. The maximum atomic E-state index is 13.3. The number of hydrogen-bond acceptors (Lipinski definition) is 6. The highest BCUT2D eigenvalue weighted by molar-refractivity contribution is 7.89. The maximum Gasteiger partial charge on any atom is 0.241 e. The number of rotatable bonds is 9. The van der Waals surface area contributed by atoms with Gasteiger partial charge >= 0.3 is 0 Å². The molecular weight excluding hydrogens is 450 g/mol. The molecule has 34 heavy (non-hydrogen) atoms. The molecule has 9 heteroatoms. The van der Waals surface area contributed by atoms with Crippen molar-refractivity contribution in [3.8, 4) is 0 Å². The van der Waals surface area contributed by atoms with E-state index in [4.69, 9.17) is 0 Å². The molecule has 1 aliphatic rings. The maximum absolute atomic E-state index is 13.3. The molecule has 0 aliphatic carbocycles. The molecule has 180 valence electrons. The fourth-order valence-corrected chi connectivity index (χ4v) is 5.44. The van der Waals surface area contributed by atoms with Gasteiger partial charge in [0.05, 0.1) is 11.1 Å². The van der Waals surface area contributed by atoms with Gasteiger partial charge in [-0.05, 0) is 54.5 Å². The normalized spacial score (nSPS) is 15.9. The van der Waals surface area contributed by atoms with E-state index in [1.807, 2.05) is 24.3 Å². The average Bonchev–Trinajstić information content (AvgIpc) is 2.86. The van der Waals surface area contributed by atoms with Crippen LogP contribution in [0.3, 0.4) is 0 Å². The lowest BCUT2D eigenvalue weighted by Crippen LogP contribution is -2.50. The van der Waals surface area contributed by atoms with Crippen LogP contribution in [0, 0.1) is 5.92 Å². The number of nitrogens with one attached hydrogen (secondary N) is 2. The first-order valence-electron chi connectivity index (χ1n) is 11.7. The van der Waals surface area contributed by atoms with Gasteiger partial charge in [-0.25, -0.2) is 13.4 Å². The van der Waals surface area contributed by atoms with Crippen LogP contribution in [0.15, 0.2) is 66.0 Å². The van der Waals surface area contributed by atoms with Gasteiger partial charge in [-0.1, -0.05) is 37.3 Å². The first kappa shape index (κ1) is 24.1. The Bertz CT molecular complexity index is 1210. The molecule has 2 N–H and O–H groups in total. The molecule has 2 aromatic carbocycles. The molecule has 0 saturated carbocycles. The number of benzene rings is 2. The van der Waals surface area contributed by atoms with Crippen LogP contribution in [0.2, 0.25) is 0 Å². The SMILES string of the molecule is CC1CCN(C(=O)[C@H](CCCNc2cnccn2)NS(=O)(=O)c2ccc3ccccc3c2)CC1. The summed E-state index contributed by atoms with van der Waals surface area (Å²) in [5.74, 6) is 1.07. The second kappa shape index (κ2) is 10.9. The highest BCUT2D eigenvalue weighted by Gasteiger charge is 2.30. The fourth-order valence-electron chi connectivity index (χ4n) is 4.19. The van der Waals surface area contributed by atoms with Crippen molar-refractivity contribution in [3.05, 3.63) is 61.1 Å². The van der Waals surface area contributed by atoms with E-state index in [-0.39, 0.29) is 10.8 Å². The molecular formula is C25H31N5O3S. The Labute approximate surface area is 200 Å². The third-order valence-corrected chi connectivity index (χ3v) is 7.73. The van der Waals surface area contributed by atoms with Gasteiger partial charge in [0.1, 0.15) is 11.9 Å². The Kier molecular flexibility index (Phi) is 7.74. The Hall–Kier alpha value is -3.04. The summed E-state index contributed by atoms with van der Waals surface area (Å²) in [6.07, 6.45) is 7.67. The number of hydrogen-bond donors (Lipinski definition) is 2. The van der Waals surface area contributed by atoms with Crippen molar-refractivity contribution in [3.63, 3.8) is 0 Å². The number of piperidine rings is 1. The van der Waals surface area contributed by atoms with Crippen LogP contribution in [0.4, 0.5) is 5.82 Å². The monoisotopic (exact) mass is 481 g/mol. The predicted molar refractivity (Wildman–Crippen MR) is 133 cm³/mol. The van der Waals surface area contributed by atoms with Crippen molar-refractivity contribution in [2.24, 2.45) is 5.92 Å². The fraction of sp³-hybridized carbons (Fsp3) is 0.400. The second-order valence-electron chi connectivity index (χ2n) is 8.85. The summed E-state index contributed by atoms with van der Waals surface area (Å²) in [5, 5.41) is 4.97. The third-order valence-electron chi connectivity index (χ3n) is 6.26. The van der Waals surface area contributed by atoms with E-state index in [9.17, 15) is 13.2 Å². The number of sulfonamides is 1. The molecule has 1 amide bonds. The number of anilines is 1. The van der Waals surface area contributed by atoms with Crippen LogP contribution in [-0.2, 0) is 14.8 Å². The van der Waals surface area contributed by atoms with Crippen molar-refractivity contribution in [2.75, 3.05) is 25.0 Å². The van der Waals surface area contributed by atoms with Crippen molar-refractivity contribution < 1.29 is 13.2 Å². The van der Waals surface area contributed by atoms with E-state index in [2.05, 4.69) is 26.9 Å². The smallest absolute Gasteiger partial charge is 0.241 e. The van der Waals surface area contributed by atoms with Gasteiger partial charge in [-0.15, -0.1) is 0 Å². The Morgan fingerprint density at radius 1 is 1.12 bits per heavy atom. The van der Waals surface area contributed by atoms with Gasteiger partial charge in [0, 0.05) is 32.0 Å². The number of nitrogens with zero attached hydrogens (tertiary/aromatic N) is 3. The van der Waals surface area contributed by atoms with Crippen molar-refractivity contribution in [1.82, 2.24) is 19.6 Å². The number of aromatic nitrogens is 2. The molecule has 4 rings (SSSR count). The molecule has 0 bridgehead atoms. The van der Waals surface area contributed by atoms with Gasteiger partial charge in [0.25, 0.3) is 0 Å². The number of amides is 1. The number of fused-ring (bicyclic) bond motifs is 1. The Balaban J connectivity index is 1.47. The minimum absolute atomic E-state index is 0.157. The zero-order valence-corrected chi connectivity index (χ0v) is 20.2. The predicted octanol–water partition coefficient (Wildman–Crippen LogP) is 3.43. The highest BCUT2D eigenvalue weighted by atomic mass is 32.2. The molecule has 1 saturated heterocycles. The molecule has 0 spiro atoms. The standard InChI is InChI=1S/C25H31N5O3S/c1-19-10-15-30(16-11-19)25(31)23(7-4-12-27-24-18-26-13-14-28-24)29-34(32,33)22-9-8-20-5-2-3-6-21(20)17-22/h2-3,5-6,8-9,13-14,17-19,23,29H,4,7,10-12,15-16H2,1H3,(H,27,28)/t23-/m0/s1. The molecule has 1 aliphatic heterocycles. The van der Waals surface area contributed by atoms with Crippen LogP contribution in [0.1, 0.15) is 32.6 Å². The highest BCUT2D eigenvalue weighted by Crippen LogP contribution is 2.21. The van der Waals surface area contributed by atoms with Gasteiger partial charge in [0.2, 0.25) is 15.9 Å². The first-order valence-corrected chi connectivity index (χ1v) is 13.2. The summed E-state index contributed by atoms with van der Waals surface area (Å²) < 4.78 is 29.2.